The molecule has 0 saturated heterocycles. The van der Waals surface area contributed by atoms with E-state index in [0.717, 1.165) is 4.90 Å². The van der Waals surface area contributed by atoms with E-state index in [1.807, 2.05) is 6.92 Å². The third kappa shape index (κ3) is 3.10. The van der Waals surface area contributed by atoms with Gasteiger partial charge in [0.05, 0.1) is 0 Å². The Morgan fingerprint density at radius 3 is 2.71 bits per heavy atom. The van der Waals surface area contributed by atoms with E-state index in [1.54, 1.807) is 24.3 Å². The predicted molar refractivity (Wildman–Crippen MR) is 66.5 cm³/mol. The van der Waals surface area contributed by atoms with E-state index in [0.29, 0.717) is 17.3 Å². The molecule has 0 saturated carbocycles. The minimum atomic E-state index is -0.141. The number of aromatic hydroxyl groups is 1. The largest absolute Gasteiger partial charge is 0.508 e. The van der Waals surface area contributed by atoms with Gasteiger partial charge in [0.25, 0.3) is 5.56 Å². The summed E-state index contributed by atoms with van der Waals surface area (Å²) >= 11 is 1.40. The number of nitrogens with one attached hydrogen (secondary N) is 1. The monoisotopic (exact) mass is 248 g/mol. The third-order valence-corrected chi connectivity index (χ3v) is 3.09. The number of aromatic amines is 1. The maximum atomic E-state index is 11.4. The first-order chi connectivity index (χ1) is 8.17. The van der Waals surface area contributed by atoms with Crippen LogP contribution in [-0.4, -0.2) is 15.1 Å². The Kier molecular flexibility index (Phi) is 3.49. The first-order valence-electron chi connectivity index (χ1n) is 5.24. The zero-order valence-corrected chi connectivity index (χ0v) is 10.1. The van der Waals surface area contributed by atoms with E-state index < -0.39 is 0 Å². The molecule has 17 heavy (non-hydrogen) atoms. The molecule has 1 aromatic heterocycles. The van der Waals surface area contributed by atoms with Crippen LogP contribution in [0.25, 0.3) is 0 Å². The van der Waals surface area contributed by atoms with E-state index in [-0.39, 0.29) is 11.3 Å². The van der Waals surface area contributed by atoms with Crippen LogP contribution in [0.1, 0.15) is 12.7 Å². The molecule has 0 atom stereocenters. The van der Waals surface area contributed by atoms with Crippen molar-refractivity contribution in [3.05, 3.63) is 46.5 Å². The topological polar surface area (TPSA) is 66.0 Å². The van der Waals surface area contributed by atoms with Crippen LogP contribution in [0.2, 0.25) is 0 Å². The standard InChI is InChI=1S/C12H12N2O2S/c1-2-10-13-11(16)7-12(14-10)17-9-5-3-8(15)4-6-9/h3-7,15H,2H2,1H3,(H,13,14,16). The molecule has 0 aliphatic carbocycles. The molecule has 0 unspecified atom stereocenters. The van der Waals surface area contributed by atoms with E-state index in [1.165, 1.54) is 17.8 Å². The van der Waals surface area contributed by atoms with Gasteiger partial charge in [0.1, 0.15) is 16.6 Å². The highest BCUT2D eigenvalue weighted by atomic mass is 32.2. The molecular formula is C12H12N2O2S. The summed E-state index contributed by atoms with van der Waals surface area (Å²) in [5.41, 5.74) is -0.141. The number of aryl methyl sites for hydroxylation is 1. The van der Waals surface area contributed by atoms with Gasteiger partial charge in [-0.15, -0.1) is 0 Å². The zero-order valence-electron chi connectivity index (χ0n) is 9.30. The minimum Gasteiger partial charge on any atom is -0.508 e. The summed E-state index contributed by atoms with van der Waals surface area (Å²) in [6.07, 6.45) is 0.694. The van der Waals surface area contributed by atoms with Gasteiger partial charge >= 0.3 is 0 Å². The maximum absolute atomic E-state index is 11.4. The van der Waals surface area contributed by atoms with Crippen LogP contribution in [-0.2, 0) is 6.42 Å². The van der Waals surface area contributed by atoms with E-state index >= 15 is 0 Å². The van der Waals surface area contributed by atoms with E-state index in [9.17, 15) is 4.79 Å². The molecule has 2 N–H and O–H groups in total. The van der Waals surface area contributed by atoms with Crippen molar-refractivity contribution in [3.63, 3.8) is 0 Å². The molecule has 0 aliphatic rings. The molecule has 2 rings (SSSR count). The molecule has 0 bridgehead atoms. The molecule has 0 fully saturated rings. The number of phenols is 1. The molecule has 0 aliphatic heterocycles. The first-order valence-corrected chi connectivity index (χ1v) is 6.06. The van der Waals surface area contributed by atoms with Gasteiger partial charge in [0.2, 0.25) is 0 Å². The number of benzene rings is 1. The summed E-state index contributed by atoms with van der Waals surface area (Å²) in [5, 5.41) is 9.83. The molecule has 5 heteroatoms. The average Bonchev–Trinajstić information content (AvgIpc) is 2.31. The zero-order chi connectivity index (χ0) is 12.3. The van der Waals surface area contributed by atoms with Gasteiger partial charge in [0, 0.05) is 17.4 Å². The average molecular weight is 248 g/mol. The number of phenolic OH excluding ortho intramolecular Hbond substituents is 1. The number of nitrogens with zero attached hydrogens (tertiary/aromatic N) is 1. The Bertz CT molecular complexity index is 563. The van der Waals surface area contributed by atoms with Crippen molar-refractivity contribution >= 4 is 11.8 Å². The smallest absolute Gasteiger partial charge is 0.251 e. The van der Waals surface area contributed by atoms with Crippen LogP contribution in [0, 0.1) is 0 Å². The summed E-state index contributed by atoms with van der Waals surface area (Å²) in [5.74, 6) is 0.904. The highest BCUT2D eigenvalue weighted by molar-refractivity contribution is 7.99. The number of H-pyrrole nitrogens is 1. The normalized spacial score (nSPS) is 10.4. The molecule has 4 nitrogen and oxygen atoms in total. The molecule has 0 spiro atoms. The Morgan fingerprint density at radius 2 is 2.06 bits per heavy atom. The molecule has 0 amide bonds. The van der Waals surface area contributed by atoms with Crippen molar-refractivity contribution < 1.29 is 5.11 Å². The lowest BCUT2D eigenvalue weighted by Crippen LogP contribution is -2.09. The summed E-state index contributed by atoms with van der Waals surface area (Å²) < 4.78 is 0. The molecular weight excluding hydrogens is 236 g/mol. The van der Waals surface area contributed by atoms with Gasteiger partial charge in [0.15, 0.2) is 0 Å². The fourth-order valence-corrected chi connectivity index (χ4v) is 2.17. The van der Waals surface area contributed by atoms with Crippen molar-refractivity contribution in [2.24, 2.45) is 0 Å². The lowest BCUT2D eigenvalue weighted by molar-refractivity contribution is 0.475. The van der Waals surface area contributed by atoms with Crippen molar-refractivity contribution in [2.45, 2.75) is 23.3 Å². The highest BCUT2D eigenvalue weighted by Gasteiger charge is 2.02. The second-order valence-corrected chi connectivity index (χ2v) is 4.57. The van der Waals surface area contributed by atoms with Crippen LogP contribution in [0.15, 0.2) is 45.0 Å². The number of hydrogen-bond donors (Lipinski definition) is 2. The Balaban J connectivity index is 2.26. The van der Waals surface area contributed by atoms with Crippen molar-refractivity contribution in [3.8, 4) is 5.75 Å². The van der Waals surface area contributed by atoms with Crippen LogP contribution in [0.4, 0.5) is 0 Å². The SMILES string of the molecule is CCc1nc(Sc2ccc(O)cc2)cc(=O)[nH]1. The lowest BCUT2D eigenvalue weighted by Gasteiger charge is -2.02. The first kappa shape index (κ1) is 11.7. The van der Waals surface area contributed by atoms with Gasteiger partial charge in [-0.1, -0.05) is 18.7 Å². The summed E-state index contributed by atoms with van der Waals surface area (Å²) in [4.78, 5) is 19.3. The maximum Gasteiger partial charge on any atom is 0.251 e. The van der Waals surface area contributed by atoms with Gasteiger partial charge in [-0.3, -0.25) is 4.79 Å². The van der Waals surface area contributed by atoms with Crippen molar-refractivity contribution in [1.82, 2.24) is 9.97 Å². The molecule has 88 valence electrons. The summed E-state index contributed by atoms with van der Waals surface area (Å²) in [6.45, 7) is 1.94. The summed E-state index contributed by atoms with van der Waals surface area (Å²) in [7, 11) is 0. The fraction of sp³-hybridized carbons (Fsp3) is 0.167. The molecule has 2 aromatic rings. The van der Waals surface area contributed by atoms with Gasteiger partial charge < -0.3 is 10.1 Å². The van der Waals surface area contributed by atoms with E-state index in [4.69, 9.17) is 5.11 Å². The van der Waals surface area contributed by atoms with Crippen molar-refractivity contribution in [1.29, 1.82) is 0 Å². The Labute approximate surface area is 103 Å². The molecule has 0 radical (unpaired) electrons. The predicted octanol–water partition coefficient (Wildman–Crippen LogP) is 2.19. The van der Waals surface area contributed by atoms with Crippen LogP contribution < -0.4 is 5.56 Å². The lowest BCUT2D eigenvalue weighted by atomic mass is 10.3. The second-order valence-electron chi connectivity index (χ2n) is 3.48. The minimum absolute atomic E-state index is 0.141. The van der Waals surface area contributed by atoms with Gasteiger partial charge in [-0.25, -0.2) is 4.98 Å². The number of hydrogen-bond acceptors (Lipinski definition) is 4. The van der Waals surface area contributed by atoms with Crippen LogP contribution in [0.3, 0.4) is 0 Å². The Morgan fingerprint density at radius 1 is 1.35 bits per heavy atom. The quantitative estimate of drug-likeness (QED) is 0.817. The third-order valence-electron chi connectivity index (χ3n) is 2.16. The van der Waals surface area contributed by atoms with Gasteiger partial charge in [-0.2, -0.15) is 0 Å². The fourth-order valence-electron chi connectivity index (χ4n) is 1.34. The molecule has 1 heterocycles. The summed E-state index contributed by atoms with van der Waals surface area (Å²) in [6, 6.07) is 8.26. The highest BCUT2D eigenvalue weighted by Crippen LogP contribution is 2.26. The van der Waals surface area contributed by atoms with Crippen LogP contribution >= 0.6 is 11.8 Å². The van der Waals surface area contributed by atoms with Gasteiger partial charge in [-0.05, 0) is 24.3 Å². The Hall–Kier alpha value is -1.75. The van der Waals surface area contributed by atoms with E-state index in [2.05, 4.69) is 9.97 Å². The molecule has 1 aromatic carbocycles. The van der Waals surface area contributed by atoms with Crippen molar-refractivity contribution in [2.75, 3.05) is 0 Å². The second kappa shape index (κ2) is 5.05. The number of rotatable bonds is 3. The number of aromatic nitrogens is 2. The van der Waals surface area contributed by atoms with Crippen LogP contribution in [0.5, 0.6) is 5.75 Å².